The quantitative estimate of drug-likeness (QED) is 0.392. The Hall–Kier alpha value is -3.40. The van der Waals surface area contributed by atoms with Crippen molar-refractivity contribution in [3.63, 3.8) is 0 Å². The number of primary amides is 1. The summed E-state index contributed by atoms with van der Waals surface area (Å²) in [7, 11) is -4.19. The highest BCUT2D eigenvalue weighted by Gasteiger charge is 2.29. The Labute approximate surface area is 203 Å². The SMILES string of the molecule is CCOc1ccc(Cl)cc1S(=O)(=O)NC(Cc1ccccc1)C(=O)Nc1ccc(C(N)=O)cc1. The number of halogens is 1. The summed E-state index contributed by atoms with van der Waals surface area (Å²) in [6.45, 7) is 1.98. The molecule has 0 heterocycles. The van der Waals surface area contributed by atoms with Crippen molar-refractivity contribution >= 4 is 39.1 Å². The highest BCUT2D eigenvalue weighted by Crippen LogP contribution is 2.28. The van der Waals surface area contributed by atoms with Gasteiger partial charge in [-0.2, -0.15) is 4.72 Å². The van der Waals surface area contributed by atoms with E-state index in [1.165, 1.54) is 42.5 Å². The Balaban J connectivity index is 1.90. The van der Waals surface area contributed by atoms with Crippen LogP contribution in [0.25, 0.3) is 0 Å². The Morgan fingerprint density at radius 2 is 1.71 bits per heavy atom. The highest BCUT2D eigenvalue weighted by molar-refractivity contribution is 7.89. The van der Waals surface area contributed by atoms with Gasteiger partial charge >= 0.3 is 0 Å². The summed E-state index contributed by atoms with van der Waals surface area (Å²) in [6, 6.07) is 18.1. The molecule has 10 heteroatoms. The first-order valence-corrected chi connectivity index (χ1v) is 12.2. The smallest absolute Gasteiger partial charge is 0.248 e. The molecule has 8 nitrogen and oxygen atoms in total. The van der Waals surface area contributed by atoms with Gasteiger partial charge in [-0.1, -0.05) is 41.9 Å². The number of benzene rings is 3. The molecule has 178 valence electrons. The van der Waals surface area contributed by atoms with Gasteiger partial charge in [0, 0.05) is 16.3 Å². The molecule has 3 rings (SSSR count). The maximum atomic E-state index is 13.3. The van der Waals surface area contributed by atoms with Crippen LogP contribution in [-0.2, 0) is 21.2 Å². The Morgan fingerprint density at radius 3 is 2.32 bits per heavy atom. The number of rotatable bonds is 10. The van der Waals surface area contributed by atoms with Crippen LogP contribution in [0, 0.1) is 0 Å². The van der Waals surface area contributed by atoms with Crippen molar-refractivity contribution in [2.45, 2.75) is 24.3 Å². The lowest BCUT2D eigenvalue weighted by molar-refractivity contribution is -0.117. The molecule has 0 spiro atoms. The first-order valence-electron chi connectivity index (χ1n) is 10.4. The van der Waals surface area contributed by atoms with Crippen LogP contribution in [0.15, 0.2) is 77.7 Å². The molecule has 34 heavy (non-hydrogen) atoms. The maximum absolute atomic E-state index is 13.3. The molecule has 0 saturated heterocycles. The molecule has 0 radical (unpaired) electrons. The van der Waals surface area contributed by atoms with Gasteiger partial charge < -0.3 is 15.8 Å². The molecule has 0 bridgehead atoms. The molecular formula is C24H24ClN3O5S. The first kappa shape index (κ1) is 25.2. The predicted octanol–water partition coefficient (Wildman–Crippen LogP) is 3.37. The van der Waals surface area contributed by atoms with Gasteiger partial charge in [-0.3, -0.25) is 9.59 Å². The zero-order valence-electron chi connectivity index (χ0n) is 18.3. The largest absolute Gasteiger partial charge is 0.492 e. The molecule has 0 aromatic heterocycles. The van der Waals surface area contributed by atoms with Crippen LogP contribution in [-0.4, -0.2) is 32.9 Å². The summed E-state index contributed by atoms with van der Waals surface area (Å²) < 4.78 is 34.5. The molecule has 0 aliphatic carbocycles. The van der Waals surface area contributed by atoms with E-state index >= 15 is 0 Å². The number of carbonyl (C=O) groups excluding carboxylic acids is 2. The van der Waals surface area contributed by atoms with Gasteiger partial charge in [-0.25, -0.2) is 8.42 Å². The van der Waals surface area contributed by atoms with Crippen molar-refractivity contribution in [1.82, 2.24) is 4.72 Å². The van der Waals surface area contributed by atoms with Crippen molar-refractivity contribution < 1.29 is 22.7 Å². The van der Waals surface area contributed by atoms with E-state index in [-0.39, 0.29) is 34.3 Å². The van der Waals surface area contributed by atoms with E-state index in [9.17, 15) is 18.0 Å². The minimum absolute atomic E-state index is 0.0931. The predicted molar refractivity (Wildman–Crippen MR) is 130 cm³/mol. The number of nitrogens with two attached hydrogens (primary N) is 1. The average Bonchev–Trinajstić information content (AvgIpc) is 2.81. The Kier molecular flexibility index (Phi) is 8.27. The topological polar surface area (TPSA) is 128 Å². The fourth-order valence-corrected chi connectivity index (χ4v) is 4.80. The lowest BCUT2D eigenvalue weighted by atomic mass is 10.1. The lowest BCUT2D eigenvalue weighted by Crippen LogP contribution is -2.45. The van der Waals surface area contributed by atoms with Gasteiger partial charge in [0.15, 0.2) is 0 Å². The minimum atomic E-state index is -4.19. The number of hydrogen-bond acceptors (Lipinski definition) is 5. The van der Waals surface area contributed by atoms with Crippen LogP contribution in [0.4, 0.5) is 5.69 Å². The fraction of sp³-hybridized carbons (Fsp3) is 0.167. The molecule has 1 atom stereocenters. The van der Waals surface area contributed by atoms with Crippen LogP contribution < -0.4 is 20.5 Å². The summed E-state index contributed by atoms with van der Waals surface area (Å²) >= 11 is 6.03. The number of nitrogens with one attached hydrogen (secondary N) is 2. The monoisotopic (exact) mass is 501 g/mol. The molecule has 2 amide bonds. The van der Waals surface area contributed by atoms with Gasteiger partial charge in [0.2, 0.25) is 21.8 Å². The van der Waals surface area contributed by atoms with Crippen LogP contribution in [0.3, 0.4) is 0 Å². The standard InChI is InChI=1S/C24H24ClN3O5S/c1-2-33-21-13-10-18(25)15-22(21)34(31,32)28-20(14-16-6-4-3-5-7-16)24(30)27-19-11-8-17(9-12-19)23(26)29/h3-13,15,20,28H,2,14H2,1H3,(H2,26,29)(H,27,30). The molecule has 4 N–H and O–H groups in total. The summed E-state index contributed by atoms with van der Waals surface area (Å²) in [5.41, 5.74) is 6.66. The molecule has 3 aromatic rings. The number of anilines is 1. The lowest BCUT2D eigenvalue weighted by Gasteiger charge is -2.20. The van der Waals surface area contributed by atoms with Crippen molar-refractivity contribution in [2.75, 3.05) is 11.9 Å². The van der Waals surface area contributed by atoms with Crippen LogP contribution >= 0.6 is 11.6 Å². The van der Waals surface area contributed by atoms with Gasteiger partial charge in [-0.15, -0.1) is 0 Å². The number of hydrogen-bond donors (Lipinski definition) is 3. The van der Waals surface area contributed by atoms with Crippen LogP contribution in [0.1, 0.15) is 22.8 Å². The third-order valence-electron chi connectivity index (χ3n) is 4.83. The summed E-state index contributed by atoms with van der Waals surface area (Å²) in [5, 5.41) is 2.89. The number of amides is 2. The third-order valence-corrected chi connectivity index (χ3v) is 6.56. The second-order valence-corrected chi connectivity index (χ2v) is 9.44. The molecule has 0 aliphatic rings. The van der Waals surface area contributed by atoms with Gasteiger partial charge in [0.1, 0.15) is 16.7 Å². The molecule has 0 fully saturated rings. The van der Waals surface area contributed by atoms with Gasteiger partial charge in [-0.05, 0) is 61.4 Å². The minimum Gasteiger partial charge on any atom is -0.492 e. The van der Waals surface area contributed by atoms with E-state index < -0.39 is 27.9 Å². The Bertz CT molecular complexity index is 1270. The van der Waals surface area contributed by atoms with E-state index in [0.717, 1.165) is 5.56 Å². The maximum Gasteiger partial charge on any atom is 0.248 e. The van der Waals surface area contributed by atoms with Crippen molar-refractivity contribution in [3.05, 3.63) is 88.9 Å². The van der Waals surface area contributed by atoms with Gasteiger partial charge in [0.25, 0.3) is 0 Å². The Morgan fingerprint density at radius 1 is 1.03 bits per heavy atom. The van der Waals surface area contributed by atoms with E-state index in [1.807, 2.05) is 6.07 Å². The molecule has 3 aromatic carbocycles. The molecular weight excluding hydrogens is 478 g/mol. The van der Waals surface area contributed by atoms with Crippen molar-refractivity contribution in [1.29, 1.82) is 0 Å². The molecule has 1 unspecified atom stereocenters. The second-order valence-electron chi connectivity index (χ2n) is 7.32. The summed E-state index contributed by atoms with van der Waals surface area (Å²) in [5.74, 6) is -1.06. The number of sulfonamides is 1. The zero-order chi connectivity index (χ0) is 24.7. The van der Waals surface area contributed by atoms with Crippen LogP contribution in [0.5, 0.6) is 5.75 Å². The molecule has 0 saturated carbocycles. The van der Waals surface area contributed by atoms with E-state index in [4.69, 9.17) is 22.1 Å². The fourth-order valence-electron chi connectivity index (χ4n) is 3.20. The molecule has 0 aliphatic heterocycles. The van der Waals surface area contributed by atoms with Gasteiger partial charge in [0.05, 0.1) is 6.61 Å². The normalized spacial score (nSPS) is 12.1. The number of ether oxygens (including phenoxy) is 1. The summed E-state index contributed by atoms with van der Waals surface area (Å²) in [6.07, 6.45) is 0.0931. The van der Waals surface area contributed by atoms with E-state index in [0.29, 0.717) is 5.69 Å². The number of carbonyl (C=O) groups is 2. The third kappa shape index (κ3) is 6.57. The van der Waals surface area contributed by atoms with Crippen LogP contribution in [0.2, 0.25) is 5.02 Å². The van der Waals surface area contributed by atoms with Crippen molar-refractivity contribution in [3.8, 4) is 5.75 Å². The first-order chi connectivity index (χ1) is 16.2. The average molecular weight is 502 g/mol. The van der Waals surface area contributed by atoms with Crippen molar-refractivity contribution in [2.24, 2.45) is 5.73 Å². The zero-order valence-corrected chi connectivity index (χ0v) is 19.9. The summed E-state index contributed by atoms with van der Waals surface area (Å²) in [4.78, 5) is 24.2. The highest BCUT2D eigenvalue weighted by atomic mass is 35.5. The van der Waals surface area contributed by atoms with E-state index in [2.05, 4.69) is 10.0 Å². The van der Waals surface area contributed by atoms with E-state index in [1.54, 1.807) is 31.2 Å². The second kappa shape index (κ2) is 11.1.